The lowest BCUT2D eigenvalue weighted by molar-refractivity contribution is -0.125. The van der Waals surface area contributed by atoms with Crippen LogP contribution in [0.3, 0.4) is 0 Å². The summed E-state index contributed by atoms with van der Waals surface area (Å²) in [6, 6.07) is 15.5. The summed E-state index contributed by atoms with van der Waals surface area (Å²) in [4.78, 5) is 13.6. The van der Waals surface area contributed by atoms with Crippen LogP contribution in [0.5, 0.6) is 11.5 Å². The summed E-state index contributed by atoms with van der Waals surface area (Å²) < 4.78 is 11.3. The number of likely N-dealkylation sites (tertiary alicyclic amines) is 1. The molecule has 5 heteroatoms. The standard InChI is InChI=1S/C25H28NO4/c1-18(27)25(3)17-26(19(2)28)16-22(25)21-12-13-23(29-4)24(15-21)30-14-8-11-20-9-6-5-7-10-20/h5-7,9-10,12-13,15,18,22,27H,2,14,16-17H2,1,3-4H3/t18-,22+,25+/m1/s1. The second kappa shape index (κ2) is 9.23. The van der Waals surface area contributed by atoms with Crippen molar-refractivity contribution in [3.63, 3.8) is 0 Å². The van der Waals surface area contributed by atoms with Crippen molar-refractivity contribution in [2.24, 2.45) is 5.41 Å². The molecular weight excluding hydrogens is 378 g/mol. The van der Waals surface area contributed by atoms with Gasteiger partial charge in [0, 0.05) is 36.9 Å². The van der Waals surface area contributed by atoms with Crippen LogP contribution in [0, 0.1) is 24.2 Å². The van der Waals surface area contributed by atoms with E-state index in [1.807, 2.05) is 55.5 Å². The van der Waals surface area contributed by atoms with E-state index in [0.29, 0.717) is 24.6 Å². The summed E-state index contributed by atoms with van der Waals surface area (Å²) in [5, 5.41) is 10.5. The van der Waals surface area contributed by atoms with E-state index in [4.69, 9.17) is 9.47 Å². The van der Waals surface area contributed by atoms with Crippen molar-refractivity contribution >= 4 is 5.91 Å². The number of aliphatic hydroxyl groups is 1. The highest BCUT2D eigenvalue weighted by atomic mass is 16.5. The molecule has 0 spiro atoms. The van der Waals surface area contributed by atoms with Gasteiger partial charge in [-0.2, -0.15) is 0 Å². The molecule has 5 nitrogen and oxygen atoms in total. The zero-order valence-corrected chi connectivity index (χ0v) is 17.7. The van der Waals surface area contributed by atoms with Crippen LogP contribution in [0.2, 0.25) is 0 Å². The Kier molecular flexibility index (Phi) is 6.69. The number of hydrogen-bond acceptors (Lipinski definition) is 4. The number of rotatable bonds is 5. The van der Waals surface area contributed by atoms with E-state index in [1.54, 1.807) is 18.9 Å². The Morgan fingerprint density at radius 2 is 2.03 bits per heavy atom. The van der Waals surface area contributed by atoms with Crippen LogP contribution in [-0.2, 0) is 4.79 Å². The summed E-state index contributed by atoms with van der Waals surface area (Å²) >= 11 is 0. The molecule has 157 valence electrons. The molecule has 1 aliphatic rings. The molecule has 1 amide bonds. The highest BCUT2D eigenvalue weighted by Crippen LogP contribution is 2.46. The number of ether oxygens (including phenoxy) is 2. The van der Waals surface area contributed by atoms with Gasteiger partial charge in [0.2, 0.25) is 5.91 Å². The molecule has 3 atom stereocenters. The van der Waals surface area contributed by atoms with Gasteiger partial charge in [-0.15, -0.1) is 0 Å². The first-order valence-electron chi connectivity index (χ1n) is 9.98. The molecule has 0 aromatic heterocycles. The van der Waals surface area contributed by atoms with Gasteiger partial charge in [0.15, 0.2) is 11.5 Å². The first-order valence-corrected chi connectivity index (χ1v) is 9.98. The van der Waals surface area contributed by atoms with Crippen molar-refractivity contribution in [1.29, 1.82) is 0 Å². The highest BCUT2D eigenvalue weighted by molar-refractivity contribution is 5.80. The van der Waals surface area contributed by atoms with Crippen LogP contribution < -0.4 is 9.47 Å². The molecular formula is C25H28NO4. The van der Waals surface area contributed by atoms with Crippen molar-refractivity contribution in [1.82, 2.24) is 4.90 Å². The number of carbonyl (C=O) groups is 1. The highest BCUT2D eigenvalue weighted by Gasteiger charge is 2.47. The van der Waals surface area contributed by atoms with Crippen molar-refractivity contribution in [3.05, 3.63) is 66.6 Å². The molecule has 0 bridgehead atoms. The van der Waals surface area contributed by atoms with Gasteiger partial charge in [-0.1, -0.05) is 43.0 Å². The molecule has 1 N–H and O–H groups in total. The zero-order chi connectivity index (χ0) is 21.7. The molecule has 30 heavy (non-hydrogen) atoms. The van der Waals surface area contributed by atoms with E-state index in [2.05, 4.69) is 18.8 Å². The van der Waals surface area contributed by atoms with Crippen molar-refractivity contribution in [2.45, 2.75) is 25.9 Å². The summed E-state index contributed by atoms with van der Waals surface area (Å²) in [6.07, 6.45) is -0.588. The minimum atomic E-state index is -0.588. The van der Waals surface area contributed by atoms with Crippen LogP contribution in [-0.4, -0.2) is 48.8 Å². The number of hydrogen-bond donors (Lipinski definition) is 1. The smallest absolute Gasteiger partial charge is 0.223 e. The largest absolute Gasteiger partial charge is 0.493 e. The zero-order valence-electron chi connectivity index (χ0n) is 17.7. The van der Waals surface area contributed by atoms with Gasteiger partial charge < -0.3 is 19.5 Å². The Hall–Kier alpha value is -2.97. The van der Waals surface area contributed by atoms with Gasteiger partial charge in [0.25, 0.3) is 0 Å². The minimum absolute atomic E-state index is 0.0492. The van der Waals surface area contributed by atoms with E-state index < -0.39 is 11.5 Å². The SMILES string of the molecule is [CH2]C(=O)N1C[C@@H](c2ccc(OC)c(OCC#Cc3ccccc3)c2)[C@](C)([C@@H](C)O)C1. The Labute approximate surface area is 178 Å². The van der Waals surface area contributed by atoms with Crippen LogP contribution >= 0.6 is 0 Å². The number of carbonyl (C=O) groups excluding carboxylic acids is 1. The fourth-order valence-corrected chi connectivity index (χ4v) is 3.91. The predicted octanol–water partition coefficient (Wildman–Crippen LogP) is 3.27. The van der Waals surface area contributed by atoms with E-state index in [-0.39, 0.29) is 18.4 Å². The average Bonchev–Trinajstić information content (AvgIpc) is 3.11. The number of nitrogens with zero attached hydrogens (tertiary/aromatic N) is 1. The number of benzene rings is 2. The number of methoxy groups -OCH3 is 1. The topological polar surface area (TPSA) is 59.0 Å². The van der Waals surface area contributed by atoms with Gasteiger partial charge in [-0.3, -0.25) is 4.79 Å². The van der Waals surface area contributed by atoms with Crippen molar-refractivity contribution in [2.75, 3.05) is 26.8 Å². The van der Waals surface area contributed by atoms with Crippen molar-refractivity contribution in [3.8, 4) is 23.3 Å². The first kappa shape index (κ1) is 21.7. The number of amides is 1. The minimum Gasteiger partial charge on any atom is -0.493 e. The monoisotopic (exact) mass is 406 g/mol. The van der Waals surface area contributed by atoms with Gasteiger partial charge in [0.1, 0.15) is 6.61 Å². The van der Waals surface area contributed by atoms with Crippen LogP contribution in [0.4, 0.5) is 0 Å². The third-order valence-corrected chi connectivity index (χ3v) is 5.93. The summed E-state index contributed by atoms with van der Waals surface area (Å²) in [5.74, 6) is 7.01. The van der Waals surface area contributed by atoms with E-state index in [9.17, 15) is 9.90 Å². The molecule has 1 aliphatic heterocycles. The fourth-order valence-electron chi connectivity index (χ4n) is 3.91. The van der Waals surface area contributed by atoms with E-state index in [1.165, 1.54) is 0 Å². The summed E-state index contributed by atoms with van der Waals surface area (Å²) in [5.41, 5.74) is 1.43. The van der Waals surface area contributed by atoms with Crippen LogP contribution in [0.15, 0.2) is 48.5 Å². The molecule has 1 heterocycles. The van der Waals surface area contributed by atoms with Crippen LogP contribution in [0.25, 0.3) is 0 Å². The van der Waals surface area contributed by atoms with Gasteiger partial charge in [-0.05, 0) is 36.8 Å². The second-order valence-corrected chi connectivity index (χ2v) is 7.88. The second-order valence-electron chi connectivity index (χ2n) is 7.88. The van der Waals surface area contributed by atoms with Crippen LogP contribution in [0.1, 0.15) is 30.9 Å². The molecule has 3 rings (SSSR count). The van der Waals surface area contributed by atoms with E-state index in [0.717, 1.165) is 11.1 Å². The predicted molar refractivity (Wildman–Crippen MR) is 116 cm³/mol. The molecule has 1 radical (unpaired) electrons. The molecule has 2 aromatic rings. The maximum absolute atomic E-state index is 11.9. The number of aliphatic hydroxyl groups excluding tert-OH is 1. The maximum atomic E-state index is 11.9. The average molecular weight is 407 g/mol. The Balaban J connectivity index is 1.83. The van der Waals surface area contributed by atoms with Crippen molar-refractivity contribution < 1.29 is 19.4 Å². The normalized spacial score (nSPS) is 21.5. The maximum Gasteiger partial charge on any atom is 0.223 e. The molecule has 1 saturated heterocycles. The first-order chi connectivity index (χ1) is 14.3. The molecule has 1 fully saturated rings. The third-order valence-electron chi connectivity index (χ3n) is 5.93. The Bertz CT molecular complexity index is 945. The molecule has 0 unspecified atom stereocenters. The van der Waals surface area contributed by atoms with Gasteiger partial charge >= 0.3 is 0 Å². The van der Waals surface area contributed by atoms with Gasteiger partial charge in [0.05, 0.1) is 13.2 Å². The molecule has 0 saturated carbocycles. The Morgan fingerprint density at radius 3 is 2.67 bits per heavy atom. The fraction of sp³-hybridized carbons (Fsp3) is 0.360. The quantitative estimate of drug-likeness (QED) is 0.775. The van der Waals surface area contributed by atoms with Gasteiger partial charge in [-0.25, -0.2) is 0 Å². The lowest BCUT2D eigenvalue weighted by Gasteiger charge is -2.33. The summed E-state index contributed by atoms with van der Waals surface area (Å²) in [7, 11) is 1.59. The molecule has 2 aromatic carbocycles. The third kappa shape index (κ3) is 4.60. The van der Waals surface area contributed by atoms with E-state index >= 15 is 0 Å². The lowest BCUT2D eigenvalue weighted by Crippen LogP contribution is -2.37. The summed E-state index contributed by atoms with van der Waals surface area (Å²) in [6.45, 7) is 8.49. The Morgan fingerprint density at radius 1 is 1.30 bits per heavy atom. The molecule has 0 aliphatic carbocycles. The lowest BCUT2D eigenvalue weighted by atomic mass is 9.72.